The molecular weight excluding hydrogens is 210 g/mol. The van der Waals surface area contributed by atoms with Gasteiger partial charge in [0.15, 0.2) is 0 Å². The molecule has 0 aromatic rings. The van der Waals surface area contributed by atoms with Crippen molar-refractivity contribution in [1.82, 2.24) is 4.90 Å². The maximum atomic E-state index is 5.76. The van der Waals surface area contributed by atoms with Gasteiger partial charge in [-0.3, -0.25) is 0 Å². The Morgan fingerprint density at radius 1 is 1.00 bits per heavy atom. The van der Waals surface area contributed by atoms with E-state index in [1.54, 1.807) is 0 Å². The summed E-state index contributed by atoms with van der Waals surface area (Å²) in [6, 6.07) is 0.717. The van der Waals surface area contributed by atoms with Gasteiger partial charge in [0, 0.05) is 12.6 Å². The molecule has 2 aliphatic heterocycles. The lowest BCUT2D eigenvalue weighted by Gasteiger charge is -2.42. The molecule has 0 amide bonds. The largest absolute Gasteiger partial charge is 0.381 e. The van der Waals surface area contributed by atoms with Gasteiger partial charge in [-0.2, -0.15) is 0 Å². The summed E-state index contributed by atoms with van der Waals surface area (Å²) in [5.41, 5.74) is 0.544. The van der Waals surface area contributed by atoms with Crippen LogP contribution in [0.4, 0.5) is 0 Å². The van der Waals surface area contributed by atoms with Crippen LogP contribution in [0.1, 0.15) is 59.8 Å². The van der Waals surface area contributed by atoms with Gasteiger partial charge in [0.2, 0.25) is 0 Å². The normalized spacial score (nSPS) is 25.2. The van der Waals surface area contributed by atoms with Crippen LogP contribution in [0.15, 0.2) is 0 Å². The number of ether oxygens (including phenoxy) is 1. The van der Waals surface area contributed by atoms with Crippen LogP contribution in [-0.4, -0.2) is 37.2 Å². The maximum absolute atomic E-state index is 5.76. The van der Waals surface area contributed by atoms with Crippen molar-refractivity contribution >= 4 is 0 Å². The van der Waals surface area contributed by atoms with Crippen LogP contribution in [0.5, 0.6) is 0 Å². The van der Waals surface area contributed by atoms with Gasteiger partial charge in [-0.1, -0.05) is 20.3 Å². The quantitative estimate of drug-likeness (QED) is 0.694. The van der Waals surface area contributed by atoms with Crippen molar-refractivity contribution in [3.8, 4) is 0 Å². The summed E-state index contributed by atoms with van der Waals surface area (Å²) in [6.45, 7) is 13.2. The first kappa shape index (κ1) is 15.0. The molecule has 0 radical (unpaired) electrons. The Kier molecular flexibility index (Phi) is 6.50. The summed E-state index contributed by atoms with van der Waals surface area (Å²) >= 11 is 0. The molecule has 0 N–H and O–H groups in total. The van der Waals surface area contributed by atoms with Crippen LogP contribution in [0.25, 0.3) is 0 Å². The summed E-state index contributed by atoms with van der Waals surface area (Å²) in [5.74, 6) is 0. The summed E-state index contributed by atoms with van der Waals surface area (Å²) in [4.78, 5) is 2.61. The van der Waals surface area contributed by atoms with E-state index in [1.807, 2.05) is 13.8 Å². The van der Waals surface area contributed by atoms with Gasteiger partial charge in [0.1, 0.15) is 0 Å². The van der Waals surface area contributed by atoms with Crippen LogP contribution >= 0.6 is 0 Å². The molecule has 2 fully saturated rings. The SMILES string of the molecule is CC.CC(C)N1CCC2(CCCCOC2)CC1. The van der Waals surface area contributed by atoms with E-state index in [9.17, 15) is 0 Å². The summed E-state index contributed by atoms with van der Waals surface area (Å²) in [5, 5.41) is 0. The first-order valence-corrected chi connectivity index (χ1v) is 7.54. The zero-order valence-electron chi connectivity index (χ0n) is 12.3. The molecule has 0 aromatic heterocycles. The Labute approximate surface area is 108 Å². The fourth-order valence-corrected chi connectivity index (χ4v) is 2.97. The molecule has 0 aliphatic carbocycles. The van der Waals surface area contributed by atoms with E-state index in [0.29, 0.717) is 11.5 Å². The number of nitrogens with zero attached hydrogens (tertiary/aromatic N) is 1. The van der Waals surface area contributed by atoms with Crippen molar-refractivity contribution in [1.29, 1.82) is 0 Å². The molecule has 0 unspecified atom stereocenters. The van der Waals surface area contributed by atoms with Crippen molar-refractivity contribution < 1.29 is 4.74 Å². The number of rotatable bonds is 1. The minimum Gasteiger partial charge on any atom is -0.381 e. The second-order valence-electron chi connectivity index (χ2n) is 5.64. The highest BCUT2D eigenvalue weighted by molar-refractivity contribution is 4.87. The van der Waals surface area contributed by atoms with Gasteiger partial charge in [-0.25, -0.2) is 0 Å². The van der Waals surface area contributed by atoms with E-state index in [1.165, 1.54) is 45.2 Å². The monoisotopic (exact) mass is 241 g/mol. The molecular formula is C15H31NO. The third kappa shape index (κ3) is 4.26. The van der Waals surface area contributed by atoms with Crippen LogP contribution in [0.3, 0.4) is 0 Å². The number of hydrogen-bond donors (Lipinski definition) is 0. The molecule has 0 atom stereocenters. The van der Waals surface area contributed by atoms with Gasteiger partial charge in [0.05, 0.1) is 6.61 Å². The lowest BCUT2D eigenvalue weighted by Crippen LogP contribution is -2.44. The zero-order valence-corrected chi connectivity index (χ0v) is 12.3. The molecule has 0 aromatic carbocycles. The Bertz CT molecular complexity index is 185. The lowest BCUT2D eigenvalue weighted by molar-refractivity contribution is 0.00541. The molecule has 2 heterocycles. The highest BCUT2D eigenvalue weighted by Crippen LogP contribution is 2.38. The molecule has 2 saturated heterocycles. The van der Waals surface area contributed by atoms with Crippen LogP contribution in [0, 0.1) is 5.41 Å². The summed E-state index contributed by atoms with van der Waals surface area (Å²) in [6.07, 6.45) is 6.76. The first-order valence-electron chi connectivity index (χ1n) is 7.54. The van der Waals surface area contributed by atoms with Gasteiger partial charge in [-0.15, -0.1) is 0 Å². The van der Waals surface area contributed by atoms with E-state index in [4.69, 9.17) is 4.74 Å². The van der Waals surface area contributed by atoms with E-state index in [-0.39, 0.29) is 0 Å². The number of hydrogen-bond acceptors (Lipinski definition) is 2. The Morgan fingerprint density at radius 3 is 2.24 bits per heavy atom. The van der Waals surface area contributed by atoms with Crippen molar-refractivity contribution in [2.24, 2.45) is 5.41 Å². The van der Waals surface area contributed by atoms with E-state index >= 15 is 0 Å². The number of piperidine rings is 1. The third-order valence-electron chi connectivity index (χ3n) is 4.24. The predicted molar refractivity (Wildman–Crippen MR) is 74.4 cm³/mol. The predicted octanol–water partition coefficient (Wildman–Crippen LogP) is 3.70. The topological polar surface area (TPSA) is 12.5 Å². The third-order valence-corrected chi connectivity index (χ3v) is 4.24. The van der Waals surface area contributed by atoms with Crippen LogP contribution in [-0.2, 0) is 4.74 Å². The fourth-order valence-electron chi connectivity index (χ4n) is 2.97. The second-order valence-corrected chi connectivity index (χ2v) is 5.64. The molecule has 0 saturated carbocycles. The van der Waals surface area contributed by atoms with Crippen molar-refractivity contribution in [2.75, 3.05) is 26.3 Å². The molecule has 0 bridgehead atoms. The Morgan fingerprint density at radius 2 is 1.65 bits per heavy atom. The molecule has 2 nitrogen and oxygen atoms in total. The highest BCUT2D eigenvalue weighted by Gasteiger charge is 2.35. The minimum absolute atomic E-state index is 0.544. The Hall–Kier alpha value is -0.0800. The Balaban J connectivity index is 0.000000686. The zero-order chi connectivity index (χ0) is 12.7. The van der Waals surface area contributed by atoms with Crippen LogP contribution < -0.4 is 0 Å². The molecule has 17 heavy (non-hydrogen) atoms. The maximum Gasteiger partial charge on any atom is 0.0523 e. The highest BCUT2D eigenvalue weighted by atomic mass is 16.5. The molecule has 2 rings (SSSR count). The van der Waals surface area contributed by atoms with E-state index in [2.05, 4.69) is 18.7 Å². The second kappa shape index (κ2) is 7.38. The van der Waals surface area contributed by atoms with Crippen molar-refractivity contribution in [2.45, 2.75) is 65.8 Å². The average Bonchev–Trinajstić information content (AvgIpc) is 2.58. The van der Waals surface area contributed by atoms with Crippen molar-refractivity contribution in [3.05, 3.63) is 0 Å². The van der Waals surface area contributed by atoms with Gasteiger partial charge < -0.3 is 9.64 Å². The van der Waals surface area contributed by atoms with Gasteiger partial charge >= 0.3 is 0 Å². The van der Waals surface area contributed by atoms with E-state index < -0.39 is 0 Å². The summed E-state index contributed by atoms with van der Waals surface area (Å²) in [7, 11) is 0. The van der Waals surface area contributed by atoms with Gasteiger partial charge in [-0.05, 0) is 58.0 Å². The molecule has 102 valence electrons. The van der Waals surface area contributed by atoms with E-state index in [0.717, 1.165) is 13.2 Å². The molecule has 1 spiro atoms. The molecule has 2 heteroatoms. The summed E-state index contributed by atoms with van der Waals surface area (Å²) < 4.78 is 5.76. The average molecular weight is 241 g/mol. The molecule has 2 aliphatic rings. The van der Waals surface area contributed by atoms with Crippen molar-refractivity contribution in [3.63, 3.8) is 0 Å². The smallest absolute Gasteiger partial charge is 0.0523 e. The first-order chi connectivity index (χ1) is 8.22. The minimum atomic E-state index is 0.544. The lowest BCUT2D eigenvalue weighted by atomic mass is 9.75. The number of likely N-dealkylation sites (tertiary alicyclic amines) is 1. The standard InChI is InChI=1S/C13H25NO.C2H6/c1-12(2)14-8-6-13(7-9-14)5-3-4-10-15-11-13;1-2/h12H,3-11H2,1-2H3;1-2H3. The fraction of sp³-hybridized carbons (Fsp3) is 1.00. The van der Waals surface area contributed by atoms with Crippen LogP contribution in [0.2, 0.25) is 0 Å². The van der Waals surface area contributed by atoms with Gasteiger partial charge in [0.25, 0.3) is 0 Å².